The Morgan fingerprint density at radius 2 is 1.70 bits per heavy atom. The van der Waals surface area contributed by atoms with Crippen LogP contribution in [0.2, 0.25) is 0 Å². The van der Waals surface area contributed by atoms with Crippen molar-refractivity contribution in [2.24, 2.45) is 0 Å². The molecule has 122 valence electrons. The number of amides is 2. The molecular weight excluding hydrogens is 302 g/mol. The third-order valence-electron chi connectivity index (χ3n) is 3.17. The summed E-state index contributed by atoms with van der Waals surface area (Å²) in [6.07, 6.45) is 0.722. The average molecular weight is 320 g/mol. The highest BCUT2D eigenvalue weighted by atomic mass is 19.3. The molecule has 4 nitrogen and oxygen atoms in total. The Labute approximate surface area is 133 Å². The SMILES string of the molecule is O=C(NCCc1ccccc1)NCc1ccccc1OC(F)F. The topological polar surface area (TPSA) is 50.4 Å². The van der Waals surface area contributed by atoms with Crippen LogP contribution in [0.1, 0.15) is 11.1 Å². The van der Waals surface area contributed by atoms with E-state index in [1.807, 2.05) is 30.3 Å². The molecule has 6 heteroatoms. The molecule has 0 unspecified atom stereocenters. The monoisotopic (exact) mass is 320 g/mol. The van der Waals surface area contributed by atoms with Gasteiger partial charge in [-0.05, 0) is 18.1 Å². The van der Waals surface area contributed by atoms with Gasteiger partial charge in [0.05, 0.1) is 0 Å². The van der Waals surface area contributed by atoms with Crippen LogP contribution in [0, 0.1) is 0 Å². The minimum atomic E-state index is -2.89. The summed E-state index contributed by atoms with van der Waals surface area (Å²) in [6.45, 7) is -2.29. The number of nitrogens with one attached hydrogen (secondary N) is 2. The summed E-state index contributed by atoms with van der Waals surface area (Å²) < 4.78 is 29.0. The van der Waals surface area contributed by atoms with E-state index in [0.717, 1.165) is 12.0 Å². The van der Waals surface area contributed by atoms with E-state index in [2.05, 4.69) is 15.4 Å². The van der Waals surface area contributed by atoms with Crippen molar-refractivity contribution in [3.63, 3.8) is 0 Å². The molecule has 0 fully saturated rings. The number of para-hydroxylation sites is 1. The maximum Gasteiger partial charge on any atom is 0.387 e. The van der Waals surface area contributed by atoms with Gasteiger partial charge in [0.15, 0.2) is 0 Å². The van der Waals surface area contributed by atoms with E-state index in [9.17, 15) is 13.6 Å². The van der Waals surface area contributed by atoms with Crippen molar-refractivity contribution in [1.82, 2.24) is 10.6 Å². The standard InChI is InChI=1S/C17H18F2N2O2/c18-16(19)23-15-9-5-4-8-14(15)12-21-17(22)20-11-10-13-6-2-1-3-7-13/h1-9,16H,10-12H2,(H2,20,21,22). The van der Waals surface area contributed by atoms with E-state index in [0.29, 0.717) is 12.1 Å². The number of carbonyl (C=O) groups is 1. The molecule has 0 radical (unpaired) electrons. The number of hydrogen-bond acceptors (Lipinski definition) is 2. The second kappa shape index (κ2) is 8.73. The molecule has 0 aliphatic rings. The molecule has 2 amide bonds. The van der Waals surface area contributed by atoms with Crippen molar-refractivity contribution in [2.75, 3.05) is 6.54 Å². The van der Waals surface area contributed by atoms with Crippen molar-refractivity contribution in [2.45, 2.75) is 19.6 Å². The second-order valence-corrected chi connectivity index (χ2v) is 4.83. The highest BCUT2D eigenvalue weighted by Gasteiger charge is 2.09. The van der Waals surface area contributed by atoms with Crippen LogP contribution < -0.4 is 15.4 Å². The summed E-state index contributed by atoms with van der Waals surface area (Å²) in [5.74, 6) is 0.0621. The van der Waals surface area contributed by atoms with E-state index in [1.54, 1.807) is 18.2 Å². The lowest BCUT2D eigenvalue weighted by atomic mass is 10.1. The fourth-order valence-corrected chi connectivity index (χ4v) is 2.06. The number of benzene rings is 2. The van der Waals surface area contributed by atoms with Crippen LogP contribution in [-0.2, 0) is 13.0 Å². The van der Waals surface area contributed by atoms with Gasteiger partial charge in [-0.2, -0.15) is 8.78 Å². The largest absolute Gasteiger partial charge is 0.434 e. The Morgan fingerprint density at radius 1 is 1.00 bits per heavy atom. The lowest BCUT2D eigenvalue weighted by Crippen LogP contribution is -2.36. The van der Waals surface area contributed by atoms with E-state index >= 15 is 0 Å². The quantitative estimate of drug-likeness (QED) is 0.822. The number of ether oxygens (including phenoxy) is 1. The minimum absolute atomic E-state index is 0.0621. The number of rotatable bonds is 7. The maximum atomic E-state index is 12.3. The van der Waals surface area contributed by atoms with Gasteiger partial charge >= 0.3 is 12.6 Å². The maximum absolute atomic E-state index is 12.3. The van der Waals surface area contributed by atoms with E-state index in [1.165, 1.54) is 6.07 Å². The lowest BCUT2D eigenvalue weighted by molar-refractivity contribution is -0.0504. The Bertz CT molecular complexity index is 621. The second-order valence-electron chi connectivity index (χ2n) is 4.83. The molecule has 0 aliphatic heterocycles. The fourth-order valence-electron chi connectivity index (χ4n) is 2.06. The predicted octanol–water partition coefficient (Wildman–Crippen LogP) is 3.33. The number of hydrogen-bond donors (Lipinski definition) is 2. The van der Waals surface area contributed by atoms with Crippen molar-refractivity contribution < 1.29 is 18.3 Å². The van der Waals surface area contributed by atoms with Gasteiger partial charge in [0, 0.05) is 18.7 Å². The summed E-state index contributed by atoms with van der Waals surface area (Å²) in [6, 6.07) is 15.8. The molecule has 0 saturated heterocycles. The molecule has 0 saturated carbocycles. The van der Waals surface area contributed by atoms with Crippen molar-refractivity contribution in [1.29, 1.82) is 0 Å². The fraction of sp³-hybridized carbons (Fsp3) is 0.235. The highest BCUT2D eigenvalue weighted by Crippen LogP contribution is 2.19. The molecule has 0 aliphatic carbocycles. The summed E-state index contributed by atoms with van der Waals surface area (Å²) in [4.78, 5) is 11.7. The first kappa shape index (κ1) is 16.7. The van der Waals surface area contributed by atoms with Gasteiger partial charge in [0.25, 0.3) is 0 Å². The Hall–Kier alpha value is -2.63. The van der Waals surface area contributed by atoms with Gasteiger partial charge in [-0.25, -0.2) is 4.79 Å². The zero-order chi connectivity index (χ0) is 16.5. The van der Waals surface area contributed by atoms with Crippen LogP contribution in [0.25, 0.3) is 0 Å². The molecule has 2 N–H and O–H groups in total. The van der Waals surface area contributed by atoms with Crippen LogP contribution in [-0.4, -0.2) is 19.2 Å². The highest BCUT2D eigenvalue weighted by molar-refractivity contribution is 5.73. The predicted molar refractivity (Wildman–Crippen MR) is 83.5 cm³/mol. The van der Waals surface area contributed by atoms with Crippen molar-refractivity contribution in [3.05, 3.63) is 65.7 Å². The van der Waals surface area contributed by atoms with Crippen LogP contribution in [0.15, 0.2) is 54.6 Å². The summed E-state index contributed by atoms with van der Waals surface area (Å²) in [5.41, 5.74) is 1.62. The van der Waals surface area contributed by atoms with Gasteiger partial charge in [-0.3, -0.25) is 0 Å². The summed E-state index contributed by atoms with van der Waals surface area (Å²) in [7, 11) is 0. The van der Waals surface area contributed by atoms with Crippen molar-refractivity contribution in [3.8, 4) is 5.75 Å². The first-order chi connectivity index (χ1) is 11.1. The number of urea groups is 1. The minimum Gasteiger partial charge on any atom is -0.434 e. The van der Waals surface area contributed by atoms with E-state index in [4.69, 9.17) is 0 Å². The number of halogens is 2. The third-order valence-corrected chi connectivity index (χ3v) is 3.17. The Kier molecular flexibility index (Phi) is 6.35. The molecule has 23 heavy (non-hydrogen) atoms. The Balaban J connectivity index is 1.76. The molecule has 2 aromatic rings. The van der Waals surface area contributed by atoms with Gasteiger partial charge in [-0.15, -0.1) is 0 Å². The first-order valence-corrected chi connectivity index (χ1v) is 7.23. The number of carbonyl (C=O) groups excluding carboxylic acids is 1. The molecule has 0 spiro atoms. The Morgan fingerprint density at radius 3 is 2.43 bits per heavy atom. The molecule has 0 bridgehead atoms. The molecule has 2 rings (SSSR count). The molecule has 2 aromatic carbocycles. The van der Waals surface area contributed by atoms with Gasteiger partial charge in [0.1, 0.15) is 5.75 Å². The first-order valence-electron chi connectivity index (χ1n) is 7.23. The molecule has 0 heterocycles. The molecule has 0 aromatic heterocycles. The van der Waals surface area contributed by atoms with Gasteiger partial charge in [-0.1, -0.05) is 48.5 Å². The van der Waals surface area contributed by atoms with Crippen LogP contribution in [0.3, 0.4) is 0 Å². The van der Waals surface area contributed by atoms with E-state index in [-0.39, 0.29) is 18.3 Å². The number of alkyl halides is 2. The van der Waals surface area contributed by atoms with Gasteiger partial charge < -0.3 is 15.4 Å². The van der Waals surface area contributed by atoms with Crippen LogP contribution >= 0.6 is 0 Å². The average Bonchev–Trinajstić information content (AvgIpc) is 2.54. The molecule has 0 atom stereocenters. The summed E-state index contributed by atoms with van der Waals surface area (Å²) >= 11 is 0. The zero-order valence-corrected chi connectivity index (χ0v) is 12.5. The zero-order valence-electron chi connectivity index (χ0n) is 12.5. The van der Waals surface area contributed by atoms with E-state index < -0.39 is 6.61 Å². The van der Waals surface area contributed by atoms with Gasteiger partial charge in [0.2, 0.25) is 0 Å². The normalized spacial score (nSPS) is 10.4. The summed E-state index contributed by atoms with van der Waals surface area (Å²) in [5, 5.41) is 5.35. The lowest BCUT2D eigenvalue weighted by Gasteiger charge is -2.12. The van der Waals surface area contributed by atoms with Crippen LogP contribution in [0.5, 0.6) is 5.75 Å². The van der Waals surface area contributed by atoms with Crippen molar-refractivity contribution >= 4 is 6.03 Å². The van der Waals surface area contributed by atoms with Crippen LogP contribution in [0.4, 0.5) is 13.6 Å². The smallest absolute Gasteiger partial charge is 0.387 e. The third kappa shape index (κ3) is 5.94. The molecular formula is C17H18F2N2O2.